The molecule has 0 saturated carbocycles. The van der Waals surface area contributed by atoms with Crippen LogP contribution in [0, 0.1) is 5.41 Å². The molecule has 0 aliphatic heterocycles. The number of hydrogen-bond acceptors (Lipinski definition) is 0. The molecule has 0 spiro atoms. The van der Waals surface area contributed by atoms with Gasteiger partial charge in [0.2, 0.25) is 0 Å². The lowest BCUT2D eigenvalue weighted by Crippen LogP contribution is -2.20. The topological polar surface area (TPSA) is 0 Å². The van der Waals surface area contributed by atoms with Gasteiger partial charge < -0.3 is 0 Å². The maximum absolute atomic E-state index is 5.77. The molecule has 0 saturated heterocycles. The van der Waals surface area contributed by atoms with Gasteiger partial charge in [0.1, 0.15) is 0 Å². The summed E-state index contributed by atoms with van der Waals surface area (Å²) in [6.07, 6.45) is 3.44. The van der Waals surface area contributed by atoms with Gasteiger partial charge in [0, 0.05) is 5.88 Å². The van der Waals surface area contributed by atoms with E-state index in [1.165, 1.54) is 24.0 Å². The molecule has 0 nitrogen and oxygen atoms in total. The van der Waals surface area contributed by atoms with Crippen LogP contribution >= 0.6 is 11.6 Å². The van der Waals surface area contributed by atoms with Crippen molar-refractivity contribution in [3.63, 3.8) is 0 Å². The first-order valence-electron chi connectivity index (χ1n) is 6.90. The predicted octanol–water partition coefficient (Wildman–Crippen LogP) is 5.57. The molecule has 0 amide bonds. The van der Waals surface area contributed by atoms with Gasteiger partial charge in [-0.2, -0.15) is 0 Å². The van der Waals surface area contributed by atoms with Gasteiger partial charge in [-0.3, -0.25) is 0 Å². The first kappa shape index (κ1) is 15.6. The number of halogens is 1. The molecule has 102 valence electrons. The van der Waals surface area contributed by atoms with E-state index in [0.29, 0.717) is 11.3 Å². The van der Waals surface area contributed by atoms with Crippen molar-refractivity contribution >= 4 is 11.6 Å². The Morgan fingerprint density at radius 2 is 1.44 bits per heavy atom. The fourth-order valence-electron chi connectivity index (χ4n) is 2.06. The first-order valence-corrected chi connectivity index (χ1v) is 7.43. The van der Waals surface area contributed by atoms with Crippen LogP contribution in [0.25, 0.3) is 0 Å². The maximum atomic E-state index is 5.77. The average Bonchev–Trinajstić information content (AvgIpc) is 2.27. The van der Waals surface area contributed by atoms with E-state index in [9.17, 15) is 0 Å². The van der Waals surface area contributed by atoms with Gasteiger partial charge in [0.25, 0.3) is 0 Å². The zero-order valence-corrected chi connectivity index (χ0v) is 13.3. The Morgan fingerprint density at radius 1 is 0.889 bits per heavy atom. The highest BCUT2D eigenvalue weighted by Crippen LogP contribution is 2.33. The molecule has 0 N–H and O–H groups in total. The lowest BCUT2D eigenvalue weighted by atomic mass is 9.76. The van der Waals surface area contributed by atoms with Gasteiger partial charge in [0.15, 0.2) is 0 Å². The van der Waals surface area contributed by atoms with E-state index < -0.39 is 0 Å². The van der Waals surface area contributed by atoms with Gasteiger partial charge in [-0.25, -0.2) is 0 Å². The number of alkyl halides is 1. The summed E-state index contributed by atoms with van der Waals surface area (Å²) in [6.45, 7) is 11.6. The summed E-state index contributed by atoms with van der Waals surface area (Å²) in [7, 11) is 0. The smallest absolute Gasteiger partial charge is 0.0263 e. The van der Waals surface area contributed by atoms with Crippen molar-refractivity contribution in [3.05, 3.63) is 35.4 Å². The summed E-state index contributed by atoms with van der Waals surface area (Å²) < 4.78 is 0. The van der Waals surface area contributed by atoms with E-state index in [-0.39, 0.29) is 5.41 Å². The van der Waals surface area contributed by atoms with Gasteiger partial charge in [-0.1, -0.05) is 58.9 Å². The van der Waals surface area contributed by atoms with Gasteiger partial charge in [-0.15, -0.1) is 11.6 Å². The first-order chi connectivity index (χ1) is 8.24. The van der Waals surface area contributed by atoms with Crippen LogP contribution in [0.5, 0.6) is 0 Å². The number of benzene rings is 1. The van der Waals surface area contributed by atoms with Crippen molar-refractivity contribution in [2.24, 2.45) is 5.41 Å². The molecule has 0 unspecified atom stereocenters. The molecule has 0 bridgehead atoms. The van der Waals surface area contributed by atoms with Crippen molar-refractivity contribution in [3.8, 4) is 0 Å². The number of aryl methyl sites for hydroxylation is 1. The molecule has 0 radical (unpaired) electrons. The molecule has 0 aromatic heterocycles. The minimum Gasteiger partial charge on any atom is -0.126 e. The van der Waals surface area contributed by atoms with Crippen LogP contribution in [0.15, 0.2) is 24.3 Å². The highest BCUT2D eigenvalue weighted by Gasteiger charge is 2.23. The highest BCUT2D eigenvalue weighted by atomic mass is 35.5. The van der Waals surface area contributed by atoms with E-state index in [0.717, 1.165) is 6.42 Å². The fourth-order valence-corrected chi connectivity index (χ4v) is 2.28. The molecule has 1 heteroatoms. The third kappa shape index (κ3) is 5.02. The summed E-state index contributed by atoms with van der Waals surface area (Å²) in [5, 5.41) is 0. The van der Waals surface area contributed by atoms with E-state index in [1.54, 1.807) is 0 Å². The molecule has 0 aliphatic rings. The molecule has 0 atom stereocenters. The molecule has 0 fully saturated rings. The lowest BCUT2D eigenvalue weighted by Gasteiger charge is -2.29. The molecule has 1 aromatic rings. The summed E-state index contributed by atoms with van der Waals surface area (Å²) in [4.78, 5) is 0. The molecular formula is C17H27Cl. The molecular weight excluding hydrogens is 240 g/mol. The van der Waals surface area contributed by atoms with E-state index >= 15 is 0 Å². The Balaban J connectivity index is 2.72. The second-order valence-corrected chi connectivity index (χ2v) is 7.46. The van der Waals surface area contributed by atoms with Crippen molar-refractivity contribution in [2.45, 2.75) is 59.3 Å². The zero-order valence-electron chi connectivity index (χ0n) is 12.5. The minimum atomic E-state index is 0.257. The van der Waals surface area contributed by atoms with Crippen LogP contribution in [0.2, 0.25) is 0 Å². The maximum Gasteiger partial charge on any atom is 0.0263 e. The molecule has 1 aromatic carbocycles. The third-order valence-corrected chi connectivity index (χ3v) is 3.81. The largest absolute Gasteiger partial charge is 0.126 e. The SMILES string of the molecule is CC(C)(C)CCC(C)(C)c1ccc(CCCl)cc1. The predicted molar refractivity (Wildman–Crippen MR) is 82.6 cm³/mol. The van der Waals surface area contributed by atoms with Crippen molar-refractivity contribution in [2.75, 3.05) is 5.88 Å². The highest BCUT2D eigenvalue weighted by molar-refractivity contribution is 6.17. The zero-order chi connectivity index (χ0) is 13.8. The summed E-state index contributed by atoms with van der Waals surface area (Å²) in [5.41, 5.74) is 3.44. The van der Waals surface area contributed by atoms with E-state index in [2.05, 4.69) is 58.9 Å². The number of rotatable bonds is 5. The molecule has 1 rings (SSSR count). The second kappa shape index (κ2) is 6.10. The Morgan fingerprint density at radius 3 is 1.89 bits per heavy atom. The van der Waals surface area contributed by atoms with Crippen molar-refractivity contribution in [1.82, 2.24) is 0 Å². The summed E-state index contributed by atoms with van der Waals surface area (Å²) in [5.74, 6) is 0.701. The van der Waals surface area contributed by atoms with Gasteiger partial charge >= 0.3 is 0 Å². The Bertz CT molecular complexity index is 354. The Kier molecular flexibility index (Phi) is 5.28. The summed E-state index contributed by atoms with van der Waals surface area (Å²) >= 11 is 5.77. The average molecular weight is 267 g/mol. The number of hydrogen-bond donors (Lipinski definition) is 0. The van der Waals surface area contributed by atoms with Gasteiger partial charge in [-0.05, 0) is 41.2 Å². The van der Waals surface area contributed by atoms with E-state index in [4.69, 9.17) is 11.6 Å². The molecule has 0 heterocycles. The quantitative estimate of drug-likeness (QED) is 0.611. The van der Waals surface area contributed by atoms with E-state index in [1.807, 2.05) is 0 Å². The van der Waals surface area contributed by atoms with Crippen molar-refractivity contribution in [1.29, 1.82) is 0 Å². The molecule has 0 aliphatic carbocycles. The second-order valence-electron chi connectivity index (χ2n) is 7.08. The van der Waals surface area contributed by atoms with Crippen LogP contribution in [0.3, 0.4) is 0 Å². The standard InChI is InChI=1S/C17H27Cl/c1-16(2,3)11-12-17(4,5)15-8-6-14(7-9-15)10-13-18/h6-9H,10-13H2,1-5H3. The monoisotopic (exact) mass is 266 g/mol. The normalized spacial score (nSPS) is 12.8. The Labute approximate surface area is 118 Å². The Hall–Kier alpha value is -0.490. The summed E-state index contributed by atoms with van der Waals surface area (Å²) in [6, 6.07) is 8.97. The van der Waals surface area contributed by atoms with Crippen LogP contribution < -0.4 is 0 Å². The third-order valence-electron chi connectivity index (χ3n) is 3.62. The van der Waals surface area contributed by atoms with Crippen LogP contribution in [-0.2, 0) is 11.8 Å². The van der Waals surface area contributed by atoms with Crippen LogP contribution in [0.4, 0.5) is 0 Å². The molecule has 18 heavy (non-hydrogen) atoms. The minimum absolute atomic E-state index is 0.257. The van der Waals surface area contributed by atoms with Crippen molar-refractivity contribution < 1.29 is 0 Å². The van der Waals surface area contributed by atoms with Gasteiger partial charge in [0.05, 0.1) is 0 Å². The fraction of sp³-hybridized carbons (Fsp3) is 0.647. The van der Waals surface area contributed by atoms with Crippen LogP contribution in [0.1, 0.15) is 58.6 Å². The lowest BCUT2D eigenvalue weighted by molar-refractivity contribution is 0.315. The van der Waals surface area contributed by atoms with Crippen LogP contribution in [-0.4, -0.2) is 5.88 Å².